The lowest BCUT2D eigenvalue weighted by Crippen LogP contribution is -2.41. The maximum atomic E-state index is 12.1. The summed E-state index contributed by atoms with van der Waals surface area (Å²) in [6, 6.07) is 6.55. The van der Waals surface area contributed by atoms with Crippen molar-refractivity contribution in [3.8, 4) is 5.75 Å². The monoisotopic (exact) mass is 322 g/mol. The van der Waals surface area contributed by atoms with Gasteiger partial charge in [-0.3, -0.25) is 9.59 Å². The van der Waals surface area contributed by atoms with E-state index in [9.17, 15) is 14.4 Å². The summed E-state index contributed by atoms with van der Waals surface area (Å²) in [7, 11) is 2.76. The molecule has 0 aromatic heterocycles. The van der Waals surface area contributed by atoms with Crippen molar-refractivity contribution in [1.82, 2.24) is 10.6 Å². The Labute approximate surface area is 131 Å². The number of nitrogens with one attached hydrogen (secondary N) is 2. The molecule has 1 saturated heterocycles. The Hall–Kier alpha value is -2.48. The van der Waals surface area contributed by atoms with Gasteiger partial charge in [0.1, 0.15) is 5.75 Å². The van der Waals surface area contributed by atoms with E-state index in [0.29, 0.717) is 11.3 Å². The standard InChI is InChI=1S/C14H14N2O5S/c1-20-9-5-3-8(4-6-9)12(18)15-14-16-13(19)10(22-14)7-11(17)21-2/h3-7,14H,1-2H3,(H,15,18)(H,16,19)/b10-7+. The molecule has 116 valence electrons. The van der Waals surface area contributed by atoms with Gasteiger partial charge in [0.2, 0.25) is 0 Å². The van der Waals surface area contributed by atoms with Gasteiger partial charge in [-0.05, 0) is 24.3 Å². The molecule has 8 heteroatoms. The van der Waals surface area contributed by atoms with Crippen molar-refractivity contribution < 1.29 is 23.9 Å². The van der Waals surface area contributed by atoms with Crippen molar-refractivity contribution in [1.29, 1.82) is 0 Å². The van der Waals surface area contributed by atoms with Crippen molar-refractivity contribution in [2.45, 2.75) is 5.50 Å². The molecule has 1 aromatic carbocycles. The van der Waals surface area contributed by atoms with Gasteiger partial charge in [0.15, 0.2) is 5.50 Å². The van der Waals surface area contributed by atoms with E-state index >= 15 is 0 Å². The molecule has 1 aliphatic heterocycles. The molecule has 1 unspecified atom stereocenters. The average molecular weight is 322 g/mol. The zero-order valence-electron chi connectivity index (χ0n) is 11.9. The van der Waals surface area contributed by atoms with Crippen molar-refractivity contribution in [3.63, 3.8) is 0 Å². The highest BCUT2D eigenvalue weighted by atomic mass is 32.2. The van der Waals surface area contributed by atoms with E-state index in [-0.39, 0.29) is 10.8 Å². The van der Waals surface area contributed by atoms with Crippen LogP contribution >= 0.6 is 11.8 Å². The van der Waals surface area contributed by atoms with Gasteiger partial charge in [-0.15, -0.1) is 0 Å². The quantitative estimate of drug-likeness (QED) is 0.624. The largest absolute Gasteiger partial charge is 0.497 e. The molecule has 2 rings (SSSR count). The number of ether oxygens (including phenoxy) is 2. The van der Waals surface area contributed by atoms with E-state index in [4.69, 9.17) is 4.74 Å². The number of hydrogen-bond acceptors (Lipinski definition) is 6. The topological polar surface area (TPSA) is 93.7 Å². The Kier molecular flexibility index (Phi) is 5.05. The summed E-state index contributed by atoms with van der Waals surface area (Å²) in [6.45, 7) is 0. The number of amides is 2. The minimum atomic E-state index is -0.641. The van der Waals surface area contributed by atoms with E-state index in [1.807, 2.05) is 0 Å². The summed E-state index contributed by atoms with van der Waals surface area (Å²) in [5, 5.41) is 5.19. The summed E-state index contributed by atoms with van der Waals surface area (Å²) in [6.07, 6.45) is 1.08. The first-order valence-electron chi connectivity index (χ1n) is 6.25. The summed E-state index contributed by atoms with van der Waals surface area (Å²) in [4.78, 5) is 35.0. The molecule has 0 radical (unpaired) electrons. The smallest absolute Gasteiger partial charge is 0.331 e. The van der Waals surface area contributed by atoms with Crippen LogP contribution in [0.3, 0.4) is 0 Å². The molecule has 0 spiro atoms. The van der Waals surface area contributed by atoms with Crippen molar-refractivity contribution in [3.05, 3.63) is 40.8 Å². The first-order chi connectivity index (χ1) is 10.5. The molecule has 0 bridgehead atoms. The second kappa shape index (κ2) is 6.99. The predicted molar refractivity (Wildman–Crippen MR) is 80.1 cm³/mol. The number of carbonyl (C=O) groups is 3. The van der Waals surface area contributed by atoms with Crippen LogP contribution in [0.15, 0.2) is 35.2 Å². The molecule has 0 saturated carbocycles. The number of hydrogen-bond donors (Lipinski definition) is 2. The predicted octanol–water partition coefficient (Wildman–Crippen LogP) is 0.628. The summed E-state index contributed by atoms with van der Waals surface area (Å²) in [5.41, 5.74) is -0.209. The van der Waals surface area contributed by atoms with E-state index in [0.717, 1.165) is 17.8 Å². The highest BCUT2D eigenvalue weighted by molar-refractivity contribution is 8.05. The molecule has 0 aliphatic carbocycles. The van der Waals surface area contributed by atoms with Gasteiger partial charge in [0.25, 0.3) is 11.8 Å². The molecule has 1 aromatic rings. The molecular weight excluding hydrogens is 308 g/mol. The van der Waals surface area contributed by atoms with E-state index in [1.54, 1.807) is 24.3 Å². The van der Waals surface area contributed by atoms with Crippen LogP contribution < -0.4 is 15.4 Å². The van der Waals surface area contributed by atoms with Gasteiger partial charge < -0.3 is 20.1 Å². The molecule has 22 heavy (non-hydrogen) atoms. The third-order valence-corrected chi connectivity index (χ3v) is 3.82. The Balaban J connectivity index is 1.99. The Bertz CT molecular complexity index is 627. The van der Waals surface area contributed by atoms with Crippen LogP contribution in [0.5, 0.6) is 5.75 Å². The van der Waals surface area contributed by atoms with Crippen LogP contribution in [0.4, 0.5) is 0 Å². The normalized spacial score (nSPS) is 18.7. The molecule has 2 N–H and O–H groups in total. The number of rotatable bonds is 4. The van der Waals surface area contributed by atoms with Crippen molar-refractivity contribution >= 4 is 29.5 Å². The molecule has 2 amide bonds. The zero-order valence-corrected chi connectivity index (χ0v) is 12.7. The lowest BCUT2D eigenvalue weighted by Gasteiger charge is -2.11. The first-order valence-corrected chi connectivity index (χ1v) is 7.13. The first kappa shape index (κ1) is 15.9. The fourth-order valence-corrected chi connectivity index (χ4v) is 2.59. The molecule has 1 fully saturated rings. The maximum Gasteiger partial charge on any atom is 0.331 e. The molecule has 7 nitrogen and oxygen atoms in total. The van der Waals surface area contributed by atoms with Crippen molar-refractivity contribution in [2.75, 3.05) is 14.2 Å². The third kappa shape index (κ3) is 3.79. The Morgan fingerprint density at radius 3 is 2.55 bits per heavy atom. The van der Waals surface area contributed by atoms with Crippen LogP contribution in [-0.4, -0.2) is 37.5 Å². The molecular formula is C14H14N2O5S. The lowest BCUT2D eigenvalue weighted by atomic mass is 10.2. The second-order valence-corrected chi connectivity index (χ2v) is 5.35. The number of carbonyl (C=O) groups excluding carboxylic acids is 3. The highest BCUT2D eigenvalue weighted by Gasteiger charge is 2.29. The highest BCUT2D eigenvalue weighted by Crippen LogP contribution is 2.26. The van der Waals surface area contributed by atoms with Gasteiger partial charge in [-0.2, -0.15) is 0 Å². The number of benzene rings is 1. The number of methoxy groups -OCH3 is 2. The average Bonchev–Trinajstić information content (AvgIpc) is 2.86. The summed E-state index contributed by atoms with van der Waals surface area (Å²) in [5.74, 6) is -0.765. The maximum absolute atomic E-state index is 12.1. The van der Waals surface area contributed by atoms with Gasteiger partial charge in [0, 0.05) is 11.6 Å². The lowest BCUT2D eigenvalue weighted by molar-refractivity contribution is -0.135. The van der Waals surface area contributed by atoms with Crippen LogP contribution in [-0.2, 0) is 14.3 Å². The minimum Gasteiger partial charge on any atom is -0.497 e. The summed E-state index contributed by atoms with van der Waals surface area (Å²) >= 11 is 1.04. The van der Waals surface area contributed by atoms with E-state index in [1.165, 1.54) is 14.2 Å². The molecule has 1 heterocycles. The summed E-state index contributed by atoms with van der Waals surface area (Å²) < 4.78 is 9.47. The second-order valence-electron chi connectivity index (χ2n) is 4.21. The Morgan fingerprint density at radius 2 is 1.95 bits per heavy atom. The zero-order chi connectivity index (χ0) is 16.1. The van der Waals surface area contributed by atoms with Crippen LogP contribution in [0.1, 0.15) is 10.4 Å². The molecule has 1 atom stereocenters. The minimum absolute atomic E-state index is 0.187. The fourth-order valence-electron chi connectivity index (χ4n) is 1.68. The van der Waals surface area contributed by atoms with Gasteiger partial charge in [-0.1, -0.05) is 11.8 Å². The fraction of sp³-hybridized carbons (Fsp3) is 0.214. The SMILES string of the molecule is COC(=O)/C=C1/SC(NC(=O)c2ccc(OC)cc2)NC1=O. The molecule has 1 aliphatic rings. The number of thioether (sulfide) groups is 1. The van der Waals surface area contributed by atoms with E-state index < -0.39 is 17.4 Å². The van der Waals surface area contributed by atoms with Gasteiger partial charge in [0.05, 0.1) is 19.1 Å². The van der Waals surface area contributed by atoms with Gasteiger partial charge in [-0.25, -0.2) is 4.79 Å². The third-order valence-electron chi connectivity index (χ3n) is 2.80. The Morgan fingerprint density at radius 1 is 1.27 bits per heavy atom. The van der Waals surface area contributed by atoms with Crippen LogP contribution in [0, 0.1) is 0 Å². The van der Waals surface area contributed by atoms with Crippen LogP contribution in [0.25, 0.3) is 0 Å². The van der Waals surface area contributed by atoms with Gasteiger partial charge >= 0.3 is 5.97 Å². The van der Waals surface area contributed by atoms with Crippen LogP contribution in [0.2, 0.25) is 0 Å². The van der Waals surface area contributed by atoms with Crippen molar-refractivity contribution in [2.24, 2.45) is 0 Å². The van der Waals surface area contributed by atoms with E-state index in [2.05, 4.69) is 15.4 Å². The number of esters is 1.